The summed E-state index contributed by atoms with van der Waals surface area (Å²) >= 11 is 15.9. The van der Waals surface area contributed by atoms with Gasteiger partial charge in [-0.25, -0.2) is 0 Å². The maximum Gasteiger partial charge on any atom is 0.261 e. The van der Waals surface area contributed by atoms with Crippen LogP contribution in [-0.4, -0.2) is 40.9 Å². The van der Waals surface area contributed by atoms with Gasteiger partial charge in [0.1, 0.15) is 0 Å². The Morgan fingerprint density at radius 3 is 1.59 bits per heavy atom. The van der Waals surface area contributed by atoms with E-state index < -0.39 is 0 Å². The highest BCUT2D eigenvalue weighted by molar-refractivity contribution is 6.21. The first-order chi connectivity index (χ1) is 10.7. The van der Waals surface area contributed by atoms with Gasteiger partial charge in [-0.15, -0.1) is 34.8 Å². The molecular formula is C16H16Cl3NO2. The number of carbonyl (C=O) groups is 2. The molecule has 0 bridgehead atoms. The second-order valence-corrected chi connectivity index (χ2v) is 5.10. The smallest absolute Gasteiger partial charge is 0.261 e. The Morgan fingerprint density at radius 1 is 0.773 bits per heavy atom. The number of carbonyl (C=O) groups excluding carboxylic acids is 2. The van der Waals surface area contributed by atoms with Crippen molar-refractivity contribution in [3.05, 3.63) is 59.7 Å². The van der Waals surface area contributed by atoms with Gasteiger partial charge in [-0.3, -0.25) is 14.5 Å². The summed E-state index contributed by atoms with van der Waals surface area (Å²) in [6.45, 7) is 0.277. The molecule has 0 saturated heterocycles. The van der Waals surface area contributed by atoms with Gasteiger partial charge in [0, 0.05) is 24.2 Å². The molecule has 1 heterocycles. The minimum Gasteiger partial charge on any atom is -0.270 e. The number of fused-ring (bicyclic) bond motifs is 1. The standard InChI is InChI=1S/C12H10ClNO2.C4H6Cl2/c13-7-3-4-8-14-11(15)9-5-1-2-6-10(9)12(14)16;5-3-1-2-4-6/h1-6H,7-8H2;1-2H,3-4H2. The molecule has 3 nitrogen and oxygen atoms in total. The van der Waals surface area contributed by atoms with Crippen LogP contribution in [0.3, 0.4) is 0 Å². The highest BCUT2D eigenvalue weighted by atomic mass is 35.5. The van der Waals surface area contributed by atoms with Crippen molar-refractivity contribution in [2.24, 2.45) is 0 Å². The second kappa shape index (κ2) is 10.4. The Kier molecular flexibility index (Phi) is 8.90. The minimum absolute atomic E-state index is 0.236. The lowest BCUT2D eigenvalue weighted by Crippen LogP contribution is -2.29. The average molecular weight is 361 g/mol. The van der Waals surface area contributed by atoms with Gasteiger partial charge in [-0.2, -0.15) is 0 Å². The van der Waals surface area contributed by atoms with E-state index in [-0.39, 0.29) is 18.4 Å². The number of imide groups is 1. The summed E-state index contributed by atoms with van der Waals surface area (Å²) in [5, 5.41) is 0. The van der Waals surface area contributed by atoms with E-state index in [1.165, 1.54) is 4.90 Å². The van der Waals surface area contributed by atoms with E-state index in [1.807, 2.05) is 12.2 Å². The van der Waals surface area contributed by atoms with Crippen LogP contribution < -0.4 is 0 Å². The summed E-state index contributed by atoms with van der Waals surface area (Å²) < 4.78 is 0. The Labute approximate surface area is 145 Å². The van der Waals surface area contributed by atoms with Crippen LogP contribution in [0, 0.1) is 0 Å². The van der Waals surface area contributed by atoms with Crippen LogP contribution in [0.25, 0.3) is 0 Å². The van der Waals surface area contributed by atoms with E-state index in [0.29, 0.717) is 28.8 Å². The summed E-state index contributed by atoms with van der Waals surface area (Å²) in [5.74, 6) is 1.03. The number of rotatable bonds is 5. The molecule has 1 aromatic carbocycles. The average Bonchev–Trinajstić information content (AvgIpc) is 2.79. The van der Waals surface area contributed by atoms with Crippen LogP contribution >= 0.6 is 34.8 Å². The van der Waals surface area contributed by atoms with Gasteiger partial charge in [0.15, 0.2) is 0 Å². The number of amides is 2. The van der Waals surface area contributed by atoms with E-state index in [1.54, 1.807) is 36.4 Å². The number of nitrogens with zero attached hydrogens (tertiary/aromatic N) is 1. The predicted molar refractivity (Wildman–Crippen MR) is 92.2 cm³/mol. The third-order valence-corrected chi connectivity index (χ3v) is 3.30. The zero-order valence-electron chi connectivity index (χ0n) is 11.8. The van der Waals surface area contributed by atoms with Crippen LogP contribution in [-0.2, 0) is 0 Å². The zero-order chi connectivity index (χ0) is 16.4. The number of hydrogen-bond acceptors (Lipinski definition) is 2. The van der Waals surface area contributed by atoms with Crippen LogP contribution in [0.4, 0.5) is 0 Å². The first kappa shape index (κ1) is 18.8. The summed E-state index contributed by atoms with van der Waals surface area (Å²) in [5.41, 5.74) is 0.957. The molecule has 1 aliphatic heterocycles. The number of alkyl halides is 3. The van der Waals surface area contributed by atoms with E-state index in [2.05, 4.69) is 0 Å². The molecule has 0 unspecified atom stereocenters. The van der Waals surface area contributed by atoms with E-state index in [0.717, 1.165) is 0 Å². The van der Waals surface area contributed by atoms with Crippen molar-refractivity contribution in [1.82, 2.24) is 4.90 Å². The molecule has 0 atom stereocenters. The van der Waals surface area contributed by atoms with Gasteiger partial charge in [-0.1, -0.05) is 36.4 Å². The highest BCUT2D eigenvalue weighted by Crippen LogP contribution is 2.21. The van der Waals surface area contributed by atoms with Crippen molar-refractivity contribution in [2.75, 3.05) is 24.2 Å². The molecule has 0 radical (unpaired) electrons. The zero-order valence-corrected chi connectivity index (χ0v) is 14.1. The van der Waals surface area contributed by atoms with Crippen LogP contribution in [0.1, 0.15) is 20.7 Å². The van der Waals surface area contributed by atoms with Gasteiger partial charge in [0.05, 0.1) is 11.1 Å². The molecule has 6 heteroatoms. The Bertz CT molecular complexity index is 529. The molecule has 2 rings (SSSR count). The van der Waals surface area contributed by atoms with Crippen molar-refractivity contribution < 1.29 is 9.59 Å². The minimum atomic E-state index is -0.236. The van der Waals surface area contributed by atoms with Gasteiger partial charge in [0.25, 0.3) is 11.8 Å². The molecule has 0 N–H and O–H groups in total. The normalized spacial score (nSPS) is 13.7. The van der Waals surface area contributed by atoms with E-state index >= 15 is 0 Å². The number of hydrogen-bond donors (Lipinski definition) is 0. The lowest BCUT2D eigenvalue weighted by Gasteiger charge is -2.09. The van der Waals surface area contributed by atoms with Crippen molar-refractivity contribution in [1.29, 1.82) is 0 Å². The Balaban J connectivity index is 0.000000346. The Morgan fingerprint density at radius 2 is 1.18 bits per heavy atom. The summed E-state index contributed by atoms with van der Waals surface area (Å²) in [7, 11) is 0. The van der Waals surface area contributed by atoms with Crippen LogP contribution in [0.2, 0.25) is 0 Å². The monoisotopic (exact) mass is 359 g/mol. The van der Waals surface area contributed by atoms with E-state index in [4.69, 9.17) is 34.8 Å². The topological polar surface area (TPSA) is 37.4 Å². The lowest BCUT2D eigenvalue weighted by atomic mass is 10.1. The largest absolute Gasteiger partial charge is 0.270 e. The maximum atomic E-state index is 11.8. The quantitative estimate of drug-likeness (QED) is 0.450. The fourth-order valence-corrected chi connectivity index (χ4v) is 2.15. The summed E-state index contributed by atoms with van der Waals surface area (Å²) in [6, 6.07) is 6.84. The first-order valence-corrected chi connectivity index (χ1v) is 8.20. The fraction of sp³-hybridized carbons (Fsp3) is 0.250. The van der Waals surface area contributed by atoms with Crippen molar-refractivity contribution >= 4 is 46.6 Å². The Hall–Kier alpha value is -1.29. The predicted octanol–water partition coefficient (Wildman–Crippen LogP) is 4.10. The van der Waals surface area contributed by atoms with Gasteiger partial charge in [0.2, 0.25) is 0 Å². The summed E-state index contributed by atoms with van der Waals surface area (Å²) in [6.07, 6.45) is 7.06. The molecule has 0 aromatic heterocycles. The van der Waals surface area contributed by atoms with Crippen LogP contribution in [0.15, 0.2) is 48.6 Å². The van der Waals surface area contributed by atoms with Crippen molar-refractivity contribution in [2.45, 2.75) is 0 Å². The number of benzene rings is 1. The highest BCUT2D eigenvalue weighted by Gasteiger charge is 2.33. The molecule has 0 spiro atoms. The lowest BCUT2D eigenvalue weighted by molar-refractivity contribution is 0.0672. The second-order valence-electron chi connectivity index (χ2n) is 4.17. The van der Waals surface area contributed by atoms with E-state index in [9.17, 15) is 9.59 Å². The van der Waals surface area contributed by atoms with Crippen molar-refractivity contribution in [3.63, 3.8) is 0 Å². The molecular weight excluding hydrogens is 345 g/mol. The molecule has 0 saturated carbocycles. The molecule has 0 aliphatic carbocycles. The number of halogens is 3. The maximum absolute atomic E-state index is 11.8. The SMILES string of the molecule is ClCC=CCCl.O=C1c2ccccc2C(=O)N1CC=CCCl. The molecule has 1 aliphatic rings. The molecule has 118 valence electrons. The fourth-order valence-electron chi connectivity index (χ4n) is 1.77. The molecule has 1 aromatic rings. The first-order valence-electron chi connectivity index (χ1n) is 6.60. The third kappa shape index (κ3) is 5.16. The van der Waals surface area contributed by atoms with Gasteiger partial charge >= 0.3 is 0 Å². The van der Waals surface area contributed by atoms with Gasteiger partial charge < -0.3 is 0 Å². The van der Waals surface area contributed by atoms with Gasteiger partial charge in [-0.05, 0) is 12.1 Å². The van der Waals surface area contributed by atoms with Crippen molar-refractivity contribution in [3.8, 4) is 0 Å². The third-order valence-electron chi connectivity index (χ3n) is 2.77. The number of allylic oxidation sites excluding steroid dienone is 3. The van der Waals surface area contributed by atoms with Crippen LogP contribution in [0.5, 0.6) is 0 Å². The molecule has 0 fully saturated rings. The summed E-state index contributed by atoms with van der Waals surface area (Å²) in [4.78, 5) is 24.9. The molecule has 2 amide bonds. The molecule has 22 heavy (non-hydrogen) atoms.